The zero-order valence-electron chi connectivity index (χ0n) is 15.2. The molecule has 3 rings (SSSR count). The quantitative estimate of drug-likeness (QED) is 0.699. The highest BCUT2D eigenvalue weighted by atomic mass is 32.2. The third-order valence-corrected chi connectivity index (χ3v) is 7.30. The second kappa shape index (κ2) is 9.06. The van der Waals surface area contributed by atoms with Crippen molar-refractivity contribution in [2.45, 2.75) is 32.1 Å². The lowest BCUT2D eigenvalue weighted by Gasteiger charge is -2.14. The van der Waals surface area contributed by atoms with Crippen molar-refractivity contribution in [1.29, 1.82) is 0 Å². The molecule has 152 valence electrons. The van der Waals surface area contributed by atoms with E-state index in [1.807, 2.05) is 0 Å². The van der Waals surface area contributed by atoms with E-state index in [1.165, 1.54) is 21.7 Å². The summed E-state index contributed by atoms with van der Waals surface area (Å²) in [5, 5.41) is 3.04. The summed E-state index contributed by atoms with van der Waals surface area (Å²) in [6.07, 6.45) is 4.05. The second-order valence-corrected chi connectivity index (χ2v) is 9.83. The van der Waals surface area contributed by atoms with E-state index in [2.05, 4.69) is 10.3 Å². The Morgan fingerprint density at radius 2 is 1.96 bits per heavy atom. The highest BCUT2D eigenvalue weighted by Gasteiger charge is 2.24. The zero-order chi connectivity index (χ0) is 20.1. The van der Waals surface area contributed by atoms with Crippen LogP contribution >= 0.6 is 11.3 Å². The first-order valence-electron chi connectivity index (χ1n) is 9.00. The molecule has 1 amide bonds. The van der Waals surface area contributed by atoms with Crippen LogP contribution in [-0.2, 0) is 21.2 Å². The molecule has 1 fully saturated rings. The van der Waals surface area contributed by atoms with Gasteiger partial charge >= 0.3 is 0 Å². The van der Waals surface area contributed by atoms with Gasteiger partial charge in [-0.25, -0.2) is 26.5 Å². The van der Waals surface area contributed by atoms with Gasteiger partial charge in [0.05, 0.1) is 5.75 Å². The van der Waals surface area contributed by atoms with E-state index in [0.717, 1.165) is 29.9 Å². The maximum Gasteiger partial charge on any atom is 0.226 e. The summed E-state index contributed by atoms with van der Waals surface area (Å²) < 4.78 is 52.0. The van der Waals surface area contributed by atoms with E-state index in [1.54, 1.807) is 6.20 Å². The van der Waals surface area contributed by atoms with Crippen LogP contribution in [0.5, 0.6) is 0 Å². The number of hydrogen-bond donors (Lipinski definition) is 1. The van der Waals surface area contributed by atoms with Gasteiger partial charge in [-0.1, -0.05) is 6.07 Å². The predicted octanol–water partition coefficient (Wildman–Crippen LogP) is 3.16. The molecule has 0 radical (unpaired) electrons. The number of halogens is 2. The molecule has 10 heteroatoms. The average Bonchev–Trinajstić information content (AvgIpc) is 3.30. The van der Waals surface area contributed by atoms with Crippen molar-refractivity contribution in [2.24, 2.45) is 0 Å². The highest BCUT2D eigenvalue weighted by Crippen LogP contribution is 2.22. The third-order valence-electron chi connectivity index (χ3n) is 4.43. The maximum absolute atomic E-state index is 13.3. The summed E-state index contributed by atoms with van der Waals surface area (Å²) in [6, 6.07) is 3.70. The van der Waals surface area contributed by atoms with Gasteiger partial charge in [0.1, 0.15) is 0 Å². The van der Waals surface area contributed by atoms with Crippen LogP contribution in [0.2, 0.25) is 0 Å². The fraction of sp³-hybridized carbons (Fsp3) is 0.444. The lowest BCUT2D eigenvalue weighted by molar-refractivity contribution is -0.116. The van der Waals surface area contributed by atoms with Crippen molar-refractivity contribution in [3.05, 3.63) is 46.5 Å². The lowest BCUT2D eigenvalue weighted by Crippen LogP contribution is -2.30. The molecule has 1 saturated heterocycles. The number of benzene rings is 1. The van der Waals surface area contributed by atoms with Crippen LogP contribution in [-0.4, -0.2) is 42.5 Å². The van der Waals surface area contributed by atoms with Gasteiger partial charge in [-0.15, -0.1) is 11.3 Å². The summed E-state index contributed by atoms with van der Waals surface area (Å²) in [7, 11) is -3.28. The van der Waals surface area contributed by atoms with E-state index in [4.69, 9.17) is 0 Å². The van der Waals surface area contributed by atoms with Crippen molar-refractivity contribution in [3.8, 4) is 0 Å². The zero-order valence-corrected chi connectivity index (χ0v) is 16.8. The maximum atomic E-state index is 13.3. The van der Waals surface area contributed by atoms with Crippen LogP contribution in [0.1, 0.15) is 36.1 Å². The van der Waals surface area contributed by atoms with E-state index in [9.17, 15) is 22.0 Å². The Kier molecular flexibility index (Phi) is 6.73. The largest absolute Gasteiger partial charge is 0.302 e. The Bertz CT molecular complexity index is 941. The van der Waals surface area contributed by atoms with Crippen molar-refractivity contribution in [2.75, 3.05) is 24.2 Å². The average molecular weight is 430 g/mol. The first-order chi connectivity index (χ1) is 13.3. The summed E-state index contributed by atoms with van der Waals surface area (Å²) in [5.74, 6) is -2.14. The van der Waals surface area contributed by atoms with Crippen LogP contribution in [0, 0.1) is 11.6 Å². The Hall–Kier alpha value is -1.91. The van der Waals surface area contributed by atoms with Gasteiger partial charge in [0.2, 0.25) is 15.9 Å². The van der Waals surface area contributed by atoms with Crippen LogP contribution in [0.4, 0.5) is 13.9 Å². The van der Waals surface area contributed by atoms with Gasteiger partial charge in [-0.3, -0.25) is 4.79 Å². The number of hydrogen-bond acceptors (Lipinski definition) is 5. The number of nitrogens with zero attached hydrogens (tertiary/aromatic N) is 2. The van der Waals surface area contributed by atoms with Crippen LogP contribution < -0.4 is 5.32 Å². The number of nitrogens with one attached hydrogen (secondary N) is 1. The summed E-state index contributed by atoms with van der Waals surface area (Å²) in [5.41, 5.74) is 0.604. The van der Waals surface area contributed by atoms with Gasteiger partial charge in [-0.2, -0.15) is 0 Å². The number of carbonyl (C=O) groups is 1. The minimum absolute atomic E-state index is 0.0420. The summed E-state index contributed by atoms with van der Waals surface area (Å²) >= 11 is 1.24. The number of carbonyl (C=O) groups excluding carboxylic acids is 1. The number of thiazole rings is 1. The Morgan fingerprint density at radius 3 is 2.68 bits per heavy atom. The summed E-state index contributed by atoms with van der Waals surface area (Å²) in [4.78, 5) is 16.9. The number of aromatic nitrogens is 1. The molecule has 28 heavy (non-hydrogen) atoms. The van der Waals surface area contributed by atoms with Crippen molar-refractivity contribution < 1.29 is 22.0 Å². The second-order valence-electron chi connectivity index (χ2n) is 6.63. The fourth-order valence-electron chi connectivity index (χ4n) is 2.99. The van der Waals surface area contributed by atoms with Crippen molar-refractivity contribution in [1.82, 2.24) is 9.29 Å². The van der Waals surface area contributed by atoms with Crippen LogP contribution in [0.3, 0.4) is 0 Å². The van der Waals surface area contributed by atoms with E-state index in [-0.39, 0.29) is 24.5 Å². The molecule has 1 N–H and O–H groups in total. The Labute approximate surface area is 166 Å². The molecule has 6 nitrogen and oxygen atoms in total. The molecular weight excluding hydrogens is 408 g/mol. The molecule has 0 atom stereocenters. The van der Waals surface area contributed by atoms with Crippen LogP contribution in [0.25, 0.3) is 0 Å². The number of sulfonamides is 1. The molecule has 0 unspecified atom stereocenters. The normalized spacial score (nSPS) is 15.1. The van der Waals surface area contributed by atoms with Gasteiger partial charge in [0.15, 0.2) is 16.8 Å². The molecule has 2 aromatic rings. The molecule has 0 saturated carbocycles. The first-order valence-corrected chi connectivity index (χ1v) is 11.4. The Balaban J connectivity index is 1.46. The SMILES string of the molecule is O=C(CCCS(=O)(=O)N1CCCC1)Nc1ncc(Cc2ccc(F)c(F)c2)s1. The van der Waals surface area contributed by atoms with E-state index < -0.39 is 21.7 Å². The van der Waals surface area contributed by atoms with E-state index >= 15 is 0 Å². The number of anilines is 1. The van der Waals surface area contributed by atoms with Gasteiger partial charge in [0.25, 0.3) is 0 Å². The van der Waals surface area contributed by atoms with Crippen molar-refractivity contribution >= 4 is 32.4 Å². The predicted molar refractivity (Wildman–Crippen MR) is 104 cm³/mol. The first kappa shape index (κ1) is 20.8. The minimum Gasteiger partial charge on any atom is -0.302 e. The van der Waals surface area contributed by atoms with Crippen molar-refractivity contribution in [3.63, 3.8) is 0 Å². The van der Waals surface area contributed by atoms with Crippen LogP contribution in [0.15, 0.2) is 24.4 Å². The molecular formula is C18H21F2N3O3S2. The van der Waals surface area contributed by atoms with Gasteiger partial charge in [0, 0.05) is 37.0 Å². The Morgan fingerprint density at radius 1 is 1.21 bits per heavy atom. The summed E-state index contributed by atoms with van der Waals surface area (Å²) in [6.45, 7) is 1.13. The minimum atomic E-state index is -3.28. The smallest absolute Gasteiger partial charge is 0.226 e. The molecule has 1 aromatic carbocycles. The number of rotatable bonds is 8. The molecule has 2 heterocycles. The number of amides is 1. The topological polar surface area (TPSA) is 79.4 Å². The lowest BCUT2D eigenvalue weighted by atomic mass is 10.1. The molecule has 1 aliphatic heterocycles. The van der Waals surface area contributed by atoms with Gasteiger partial charge in [-0.05, 0) is 37.0 Å². The molecule has 0 bridgehead atoms. The standard InChI is InChI=1S/C18H21F2N3O3S2/c19-15-6-5-13(11-16(15)20)10-14-12-21-18(27-14)22-17(24)4-3-9-28(25,26)23-7-1-2-8-23/h5-6,11-12H,1-4,7-10H2,(H,21,22,24). The molecule has 0 spiro atoms. The molecule has 0 aliphatic carbocycles. The molecule has 1 aliphatic rings. The highest BCUT2D eigenvalue weighted by molar-refractivity contribution is 7.89. The fourth-order valence-corrected chi connectivity index (χ4v) is 5.43. The third kappa shape index (κ3) is 5.55. The molecule has 1 aromatic heterocycles. The van der Waals surface area contributed by atoms with Gasteiger partial charge < -0.3 is 5.32 Å². The van der Waals surface area contributed by atoms with E-state index in [0.29, 0.717) is 30.2 Å². The monoisotopic (exact) mass is 429 g/mol.